The standard InChI is InChI=1S/C31H35N9O/c1-17(35-16-18(2)40-25(15-32)12-24-13-28(24)40)14-31(30-36-38-39-37-30)26-8-6-20(19(3)33)10-21(26)4-5-22-11-23(29(34)41)7-9-27(22)31/h6-11,17,24-25,28,35H,2-5,12-14,16,33H2,1H3,(H2,34,41)(H,36,37,38,39)/t17-,24-,25?,28+,31?/m1/s1. The van der Waals surface area contributed by atoms with Gasteiger partial charge in [-0.2, -0.15) is 5.26 Å². The van der Waals surface area contributed by atoms with E-state index in [1.807, 2.05) is 18.2 Å². The number of nitrogens with zero attached hydrogens (tertiary/aromatic N) is 5. The molecule has 210 valence electrons. The lowest BCUT2D eigenvalue weighted by Gasteiger charge is -2.37. The third-order valence-corrected chi connectivity index (χ3v) is 9.08. The molecule has 0 bridgehead atoms. The molecule has 10 heteroatoms. The first kappa shape index (κ1) is 26.7. The zero-order chi connectivity index (χ0) is 28.9. The first-order valence-electron chi connectivity index (χ1n) is 14.1. The maximum atomic E-state index is 12.1. The number of hydrogen-bond acceptors (Lipinski definition) is 8. The fourth-order valence-corrected chi connectivity index (χ4v) is 7.05. The molecular formula is C31H35N9O. The van der Waals surface area contributed by atoms with Crippen LogP contribution in [0.4, 0.5) is 0 Å². The summed E-state index contributed by atoms with van der Waals surface area (Å²) in [5.74, 6) is 0.771. The molecule has 5 atom stereocenters. The van der Waals surface area contributed by atoms with Crippen LogP contribution >= 0.6 is 0 Å². The van der Waals surface area contributed by atoms with Crippen molar-refractivity contribution < 1.29 is 4.79 Å². The Kier molecular flexibility index (Phi) is 6.62. The zero-order valence-electron chi connectivity index (χ0n) is 23.2. The molecule has 1 aliphatic heterocycles. The number of amides is 1. The number of fused-ring (bicyclic) bond motifs is 3. The van der Waals surface area contributed by atoms with Crippen LogP contribution in [-0.2, 0) is 18.3 Å². The number of likely N-dealkylation sites (tertiary alicyclic amines) is 1. The topological polar surface area (TPSA) is 163 Å². The van der Waals surface area contributed by atoms with Gasteiger partial charge in [0.1, 0.15) is 6.04 Å². The van der Waals surface area contributed by atoms with Crippen LogP contribution in [0.25, 0.3) is 5.70 Å². The van der Waals surface area contributed by atoms with Crippen LogP contribution in [0.2, 0.25) is 0 Å². The molecule has 2 unspecified atom stereocenters. The number of nitrogens with one attached hydrogen (secondary N) is 2. The van der Waals surface area contributed by atoms with Gasteiger partial charge >= 0.3 is 0 Å². The summed E-state index contributed by atoms with van der Waals surface area (Å²) in [6.07, 6.45) is 4.13. The summed E-state index contributed by atoms with van der Waals surface area (Å²) in [6, 6.07) is 14.6. The Morgan fingerprint density at radius 1 is 1.17 bits per heavy atom. The van der Waals surface area contributed by atoms with Gasteiger partial charge in [0.25, 0.3) is 0 Å². The van der Waals surface area contributed by atoms with Crippen LogP contribution in [-0.4, -0.2) is 56.1 Å². The van der Waals surface area contributed by atoms with Crippen LogP contribution in [0.1, 0.15) is 70.2 Å². The molecular weight excluding hydrogens is 514 g/mol. The van der Waals surface area contributed by atoms with Gasteiger partial charge in [-0.1, -0.05) is 31.4 Å². The molecule has 0 radical (unpaired) electrons. The zero-order valence-corrected chi connectivity index (χ0v) is 23.2. The summed E-state index contributed by atoms with van der Waals surface area (Å²) >= 11 is 0. The van der Waals surface area contributed by atoms with Gasteiger partial charge in [-0.25, -0.2) is 5.10 Å². The third-order valence-electron chi connectivity index (χ3n) is 9.08. The van der Waals surface area contributed by atoms with E-state index in [4.69, 9.17) is 11.5 Å². The van der Waals surface area contributed by atoms with E-state index < -0.39 is 11.3 Å². The monoisotopic (exact) mass is 549 g/mol. The Labute approximate surface area is 239 Å². The lowest BCUT2D eigenvalue weighted by Crippen LogP contribution is -2.42. The quantitative estimate of drug-likeness (QED) is 0.316. The number of benzene rings is 2. The number of aryl methyl sites for hydroxylation is 2. The van der Waals surface area contributed by atoms with Crippen LogP contribution in [0, 0.1) is 17.2 Å². The van der Waals surface area contributed by atoms with Gasteiger partial charge in [-0.3, -0.25) is 4.79 Å². The summed E-state index contributed by atoms with van der Waals surface area (Å²) in [4.78, 5) is 14.3. The molecule has 10 nitrogen and oxygen atoms in total. The molecule has 41 heavy (non-hydrogen) atoms. The van der Waals surface area contributed by atoms with Gasteiger partial charge in [-0.05, 0) is 101 Å². The van der Waals surface area contributed by atoms with Crippen molar-refractivity contribution in [2.45, 2.75) is 62.6 Å². The molecule has 2 aliphatic carbocycles. The highest BCUT2D eigenvalue weighted by Gasteiger charge is 2.52. The smallest absolute Gasteiger partial charge is 0.248 e. The van der Waals surface area contributed by atoms with E-state index in [-0.39, 0.29) is 12.1 Å². The SMILES string of the molecule is C=C(N)c1ccc2c(c1)CCc1cc(C(N)=O)ccc1C2(C[C@@H](C)NCC(=C)N1C(C#N)C[C@@H]2C[C@@H]21)c1nnn[nH]1. The number of carbonyl (C=O) groups excluding carboxylic acids is 1. The van der Waals surface area contributed by atoms with E-state index in [0.29, 0.717) is 48.4 Å². The number of H-pyrrole nitrogens is 1. The largest absolute Gasteiger partial charge is 0.399 e. The van der Waals surface area contributed by atoms with Crippen molar-refractivity contribution in [2.24, 2.45) is 17.4 Å². The summed E-state index contributed by atoms with van der Waals surface area (Å²) in [5, 5.41) is 28.8. The van der Waals surface area contributed by atoms with E-state index >= 15 is 0 Å². The minimum Gasteiger partial charge on any atom is -0.399 e. The Balaban J connectivity index is 1.40. The first-order chi connectivity index (χ1) is 19.7. The molecule has 1 aromatic heterocycles. The Hall–Kier alpha value is -4.49. The number of primary amides is 1. The Bertz CT molecular complexity index is 1510. The van der Waals surface area contributed by atoms with Crippen LogP contribution < -0.4 is 16.8 Å². The average Bonchev–Trinajstić information content (AvgIpc) is 3.35. The molecule has 1 amide bonds. The van der Waals surface area contributed by atoms with Gasteiger partial charge < -0.3 is 21.7 Å². The van der Waals surface area contributed by atoms with Crippen molar-refractivity contribution in [2.75, 3.05) is 6.54 Å². The second kappa shape index (κ2) is 10.2. The van der Waals surface area contributed by atoms with Crippen molar-refractivity contribution in [3.05, 3.63) is 94.5 Å². The predicted molar refractivity (Wildman–Crippen MR) is 155 cm³/mol. The van der Waals surface area contributed by atoms with Crippen LogP contribution in [0.15, 0.2) is 55.3 Å². The van der Waals surface area contributed by atoms with Gasteiger partial charge in [-0.15, -0.1) is 5.10 Å². The maximum Gasteiger partial charge on any atom is 0.248 e. The number of aromatic nitrogens is 4. The summed E-state index contributed by atoms with van der Waals surface area (Å²) in [6.45, 7) is 11.0. The minimum absolute atomic E-state index is 0.00578. The highest BCUT2D eigenvalue weighted by Crippen LogP contribution is 2.49. The highest BCUT2D eigenvalue weighted by molar-refractivity contribution is 5.93. The normalized spacial score (nSPS) is 24.8. The van der Waals surface area contributed by atoms with Crippen molar-refractivity contribution >= 4 is 11.6 Å². The lowest BCUT2D eigenvalue weighted by molar-refractivity contribution is 0.1000. The number of hydrogen-bond donors (Lipinski definition) is 4. The van der Waals surface area contributed by atoms with Gasteiger partial charge in [0.15, 0.2) is 5.82 Å². The minimum atomic E-state index is -0.756. The molecule has 2 aromatic carbocycles. The summed E-state index contributed by atoms with van der Waals surface area (Å²) in [7, 11) is 0. The number of aromatic amines is 1. The van der Waals surface area contributed by atoms with Crippen LogP contribution in [0.5, 0.6) is 0 Å². The van der Waals surface area contributed by atoms with Crippen molar-refractivity contribution in [3.8, 4) is 6.07 Å². The van der Waals surface area contributed by atoms with E-state index in [1.165, 1.54) is 0 Å². The van der Waals surface area contributed by atoms with E-state index in [2.05, 4.69) is 69.1 Å². The summed E-state index contributed by atoms with van der Waals surface area (Å²) in [5.41, 5.74) is 18.0. The molecule has 2 fully saturated rings. The Morgan fingerprint density at radius 2 is 1.85 bits per heavy atom. The van der Waals surface area contributed by atoms with Crippen LogP contribution in [0.3, 0.4) is 0 Å². The van der Waals surface area contributed by atoms with Gasteiger partial charge in [0, 0.05) is 35.6 Å². The number of rotatable bonds is 9. The van der Waals surface area contributed by atoms with E-state index in [9.17, 15) is 10.1 Å². The molecule has 0 spiro atoms. The number of tetrazole rings is 1. The summed E-state index contributed by atoms with van der Waals surface area (Å²) < 4.78 is 0. The Morgan fingerprint density at radius 3 is 2.46 bits per heavy atom. The number of nitriles is 1. The van der Waals surface area contributed by atoms with Gasteiger partial charge in [0.05, 0.1) is 11.5 Å². The average molecular weight is 550 g/mol. The molecule has 2 heterocycles. The van der Waals surface area contributed by atoms with Gasteiger partial charge in [0.2, 0.25) is 5.91 Å². The molecule has 3 aliphatic rings. The van der Waals surface area contributed by atoms with E-state index in [0.717, 1.165) is 52.8 Å². The fourth-order valence-electron chi connectivity index (χ4n) is 7.05. The highest BCUT2D eigenvalue weighted by atomic mass is 16.1. The number of nitrogens with two attached hydrogens (primary N) is 2. The second-order valence-electron chi connectivity index (χ2n) is 11.7. The molecule has 1 saturated heterocycles. The second-order valence-corrected chi connectivity index (χ2v) is 11.7. The molecule has 6 rings (SSSR count). The van der Waals surface area contributed by atoms with Crippen molar-refractivity contribution in [3.63, 3.8) is 0 Å². The maximum absolute atomic E-state index is 12.1. The number of carbonyl (C=O) groups is 1. The van der Waals surface area contributed by atoms with E-state index in [1.54, 1.807) is 6.07 Å². The lowest BCUT2D eigenvalue weighted by atomic mass is 9.67. The molecule has 6 N–H and O–H groups in total. The predicted octanol–water partition coefficient (Wildman–Crippen LogP) is 2.53. The first-order valence-corrected chi connectivity index (χ1v) is 14.1. The molecule has 3 aromatic rings. The fraction of sp³-hybridized carbons (Fsp3) is 0.387. The molecule has 1 saturated carbocycles. The van der Waals surface area contributed by atoms with Crippen molar-refractivity contribution in [1.82, 2.24) is 30.8 Å². The third kappa shape index (κ3) is 4.56. The van der Waals surface area contributed by atoms with Crippen molar-refractivity contribution in [1.29, 1.82) is 5.26 Å². The number of piperidine rings is 1.